The summed E-state index contributed by atoms with van der Waals surface area (Å²) in [5, 5.41) is 12.2. The molecule has 7 nitrogen and oxygen atoms in total. The Hall–Kier alpha value is -1.34. The Bertz CT molecular complexity index is 407. The predicted octanol–water partition coefficient (Wildman–Crippen LogP) is 0.0822. The van der Waals surface area contributed by atoms with E-state index in [1.54, 1.807) is 11.9 Å². The van der Waals surface area contributed by atoms with E-state index in [2.05, 4.69) is 17.1 Å². The number of hydrogen-bond donors (Lipinski definition) is 2. The van der Waals surface area contributed by atoms with Crippen LogP contribution in [-0.2, 0) is 9.53 Å². The number of nitrogens with two attached hydrogens (primary N) is 1. The zero-order valence-corrected chi connectivity index (χ0v) is 12.9. The summed E-state index contributed by atoms with van der Waals surface area (Å²) < 4.78 is 5.33. The molecule has 2 rings (SSSR count). The maximum absolute atomic E-state index is 12.9. The van der Waals surface area contributed by atoms with Crippen molar-refractivity contribution in [1.29, 1.82) is 0 Å². The van der Waals surface area contributed by atoms with Crippen LogP contribution in [0.1, 0.15) is 25.7 Å². The van der Waals surface area contributed by atoms with Crippen molar-refractivity contribution >= 4 is 11.7 Å². The van der Waals surface area contributed by atoms with Gasteiger partial charge in [0.2, 0.25) is 5.91 Å². The lowest BCUT2D eigenvalue weighted by Gasteiger charge is -2.38. The van der Waals surface area contributed by atoms with Crippen molar-refractivity contribution < 1.29 is 14.7 Å². The molecule has 0 spiro atoms. The molecule has 7 heteroatoms. The molecule has 120 valence electrons. The fourth-order valence-electron chi connectivity index (χ4n) is 3.37. The number of hydrogen-bond acceptors (Lipinski definition) is 5. The first kappa shape index (κ1) is 16.0. The van der Waals surface area contributed by atoms with Gasteiger partial charge in [0, 0.05) is 32.8 Å². The van der Waals surface area contributed by atoms with Crippen molar-refractivity contribution in [3.63, 3.8) is 0 Å². The lowest BCUT2D eigenvalue weighted by Crippen LogP contribution is -2.54. The molecule has 0 aromatic heterocycles. The highest BCUT2D eigenvalue weighted by Crippen LogP contribution is 2.33. The molecule has 2 fully saturated rings. The zero-order valence-electron chi connectivity index (χ0n) is 12.9. The molecule has 1 amide bonds. The highest BCUT2D eigenvalue weighted by Gasteiger charge is 2.46. The standard InChI is InChI=1S/C14H26N4O3/c1-17-7-3-4-11(17)10-18(2)13(19)14(12(15)16-20)5-8-21-9-6-14/h11,20H,3-10H2,1-2H3,(H2,15,16). The summed E-state index contributed by atoms with van der Waals surface area (Å²) >= 11 is 0. The summed E-state index contributed by atoms with van der Waals surface area (Å²) in [5.74, 6) is -0.0659. The van der Waals surface area contributed by atoms with Gasteiger partial charge >= 0.3 is 0 Å². The van der Waals surface area contributed by atoms with Crippen LogP contribution in [0.2, 0.25) is 0 Å². The van der Waals surface area contributed by atoms with Gasteiger partial charge in [-0.3, -0.25) is 4.79 Å². The number of likely N-dealkylation sites (N-methyl/N-ethyl adjacent to an activating group) is 2. The van der Waals surface area contributed by atoms with E-state index in [9.17, 15) is 4.79 Å². The second-order valence-corrected chi connectivity index (χ2v) is 6.14. The van der Waals surface area contributed by atoms with Gasteiger partial charge < -0.3 is 25.5 Å². The lowest BCUT2D eigenvalue weighted by molar-refractivity contribution is -0.141. The number of likely N-dealkylation sites (tertiary alicyclic amines) is 1. The molecule has 2 saturated heterocycles. The SMILES string of the molecule is CN(CC1CCCN1C)C(=O)C1(C(N)=NO)CCOCC1. The van der Waals surface area contributed by atoms with Gasteiger partial charge in [-0.25, -0.2) is 0 Å². The monoisotopic (exact) mass is 298 g/mol. The molecule has 1 unspecified atom stereocenters. The molecule has 0 bridgehead atoms. The molecule has 0 radical (unpaired) electrons. The minimum Gasteiger partial charge on any atom is -0.409 e. The third-order valence-electron chi connectivity index (χ3n) is 4.86. The van der Waals surface area contributed by atoms with Crippen molar-refractivity contribution in [2.45, 2.75) is 31.7 Å². The summed E-state index contributed by atoms with van der Waals surface area (Å²) in [6.07, 6.45) is 3.20. The second kappa shape index (κ2) is 6.62. The third kappa shape index (κ3) is 3.13. The van der Waals surface area contributed by atoms with Crippen molar-refractivity contribution in [3.8, 4) is 0 Å². The zero-order chi connectivity index (χ0) is 15.5. The maximum atomic E-state index is 12.9. The number of amidine groups is 1. The Morgan fingerprint density at radius 2 is 2.19 bits per heavy atom. The minimum absolute atomic E-state index is 0.00225. The Labute approximate surface area is 125 Å². The molecule has 1 atom stereocenters. The molecule has 2 aliphatic heterocycles. The fraction of sp³-hybridized carbons (Fsp3) is 0.857. The van der Waals surface area contributed by atoms with Crippen molar-refractivity contribution in [2.24, 2.45) is 16.3 Å². The smallest absolute Gasteiger partial charge is 0.236 e. The normalized spacial score (nSPS) is 26.8. The second-order valence-electron chi connectivity index (χ2n) is 6.14. The third-order valence-corrected chi connectivity index (χ3v) is 4.86. The van der Waals surface area contributed by atoms with Gasteiger partial charge in [0.1, 0.15) is 5.41 Å². The molecule has 2 aliphatic rings. The van der Waals surface area contributed by atoms with Gasteiger partial charge in [-0.15, -0.1) is 0 Å². The number of rotatable bonds is 4. The quantitative estimate of drug-likeness (QED) is 0.332. The number of oxime groups is 1. The van der Waals surface area contributed by atoms with Crippen LogP contribution in [0.4, 0.5) is 0 Å². The summed E-state index contributed by atoms with van der Waals surface area (Å²) in [6.45, 7) is 2.67. The van der Waals surface area contributed by atoms with E-state index in [4.69, 9.17) is 15.7 Å². The largest absolute Gasteiger partial charge is 0.409 e. The van der Waals surface area contributed by atoms with Crippen LogP contribution in [-0.4, -0.2) is 73.2 Å². The molecule has 3 N–H and O–H groups in total. The van der Waals surface area contributed by atoms with Crippen LogP contribution in [0.3, 0.4) is 0 Å². The van der Waals surface area contributed by atoms with Gasteiger partial charge in [-0.2, -0.15) is 0 Å². The van der Waals surface area contributed by atoms with Crippen LogP contribution in [0.25, 0.3) is 0 Å². The number of carbonyl (C=O) groups is 1. The van der Waals surface area contributed by atoms with Gasteiger partial charge in [-0.1, -0.05) is 5.16 Å². The van der Waals surface area contributed by atoms with Crippen molar-refractivity contribution in [1.82, 2.24) is 9.80 Å². The number of amides is 1. The van der Waals surface area contributed by atoms with E-state index < -0.39 is 5.41 Å². The molecular weight excluding hydrogens is 272 g/mol. The summed E-state index contributed by atoms with van der Waals surface area (Å²) in [7, 11) is 3.89. The maximum Gasteiger partial charge on any atom is 0.236 e. The fourth-order valence-corrected chi connectivity index (χ4v) is 3.37. The van der Waals surface area contributed by atoms with Crippen molar-refractivity contribution in [2.75, 3.05) is 40.4 Å². The van der Waals surface area contributed by atoms with E-state index in [1.807, 2.05) is 0 Å². The van der Waals surface area contributed by atoms with E-state index in [0.717, 1.165) is 13.0 Å². The molecule has 0 saturated carbocycles. The molecule has 0 aromatic carbocycles. The van der Waals surface area contributed by atoms with Crippen LogP contribution in [0.5, 0.6) is 0 Å². The van der Waals surface area contributed by atoms with Crippen LogP contribution < -0.4 is 5.73 Å². The summed E-state index contributed by atoms with van der Waals surface area (Å²) in [4.78, 5) is 16.9. The van der Waals surface area contributed by atoms with Crippen LogP contribution >= 0.6 is 0 Å². The van der Waals surface area contributed by atoms with Gasteiger partial charge in [-0.05, 0) is 39.3 Å². The van der Waals surface area contributed by atoms with Crippen molar-refractivity contribution in [3.05, 3.63) is 0 Å². The first-order valence-corrected chi connectivity index (χ1v) is 7.53. The molecule has 0 aliphatic carbocycles. The lowest BCUT2D eigenvalue weighted by atomic mass is 9.77. The van der Waals surface area contributed by atoms with E-state index in [-0.39, 0.29) is 11.7 Å². The number of nitrogens with zero attached hydrogens (tertiary/aromatic N) is 3. The Balaban J connectivity index is 2.10. The summed E-state index contributed by atoms with van der Waals surface area (Å²) in [6, 6.07) is 0.392. The van der Waals surface area contributed by atoms with E-state index in [0.29, 0.717) is 38.6 Å². The number of ether oxygens (including phenoxy) is 1. The molecule has 2 heterocycles. The van der Waals surface area contributed by atoms with E-state index in [1.165, 1.54) is 6.42 Å². The van der Waals surface area contributed by atoms with Crippen LogP contribution in [0.15, 0.2) is 5.16 Å². The molecular formula is C14H26N4O3. The van der Waals surface area contributed by atoms with Crippen LogP contribution in [0, 0.1) is 5.41 Å². The Kier molecular flexibility index (Phi) is 5.05. The summed E-state index contributed by atoms with van der Waals surface area (Å²) in [5.41, 5.74) is 4.93. The highest BCUT2D eigenvalue weighted by molar-refractivity contribution is 6.06. The minimum atomic E-state index is -0.918. The first-order chi connectivity index (χ1) is 10.0. The van der Waals surface area contributed by atoms with Gasteiger partial charge in [0.25, 0.3) is 0 Å². The number of carbonyl (C=O) groups excluding carboxylic acids is 1. The average Bonchev–Trinajstić information content (AvgIpc) is 2.91. The Morgan fingerprint density at radius 1 is 1.52 bits per heavy atom. The predicted molar refractivity (Wildman–Crippen MR) is 79.2 cm³/mol. The topological polar surface area (TPSA) is 91.4 Å². The average molecular weight is 298 g/mol. The highest BCUT2D eigenvalue weighted by atomic mass is 16.5. The Morgan fingerprint density at radius 3 is 2.71 bits per heavy atom. The van der Waals surface area contributed by atoms with E-state index >= 15 is 0 Å². The molecule has 21 heavy (non-hydrogen) atoms. The first-order valence-electron chi connectivity index (χ1n) is 7.53. The van der Waals surface area contributed by atoms with Gasteiger partial charge in [0.15, 0.2) is 5.84 Å². The molecule has 0 aromatic rings. The van der Waals surface area contributed by atoms with Gasteiger partial charge in [0.05, 0.1) is 0 Å².